The topological polar surface area (TPSA) is 29.1 Å². The van der Waals surface area contributed by atoms with E-state index >= 15 is 0 Å². The van der Waals surface area contributed by atoms with Crippen molar-refractivity contribution in [2.24, 2.45) is 0 Å². The van der Waals surface area contributed by atoms with E-state index in [0.29, 0.717) is 5.78 Å². The molecular formula is C9H19NO. The number of carbonyl (C=O) groups excluding carboxylic acids is 1. The van der Waals surface area contributed by atoms with E-state index in [4.69, 9.17) is 0 Å². The van der Waals surface area contributed by atoms with Gasteiger partial charge in [0.05, 0.1) is 0 Å². The van der Waals surface area contributed by atoms with Crippen molar-refractivity contribution in [1.82, 2.24) is 5.32 Å². The Morgan fingerprint density at radius 3 is 2.45 bits per heavy atom. The van der Waals surface area contributed by atoms with Crippen molar-refractivity contribution in [2.45, 2.75) is 39.0 Å². The van der Waals surface area contributed by atoms with Gasteiger partial charge in [0.15, 0.2) is 0 Å². The van der Waals surface area contributed by atoms with Crippen molar-refractivity contribution in [2.75, 3.05) is 13.6 Å². The van der Waals surface area contributed by atoms with E-state index in [2.05, 4.69) is 12.2 Å². The summed E-state index contributed by atoms with van der Waals surface area (Å²) in [6.07, 6.45) is 4.69. The van der Waals surface area contributed by atoms with Crippen molar-refractivity contribution >= 4 is 5.78 Å². The maximum absolute atomic E-state index is 11.0. The lowest BCUT2D eigenvalue weighted by atomic mass is 10.1. The number of rotatable bonds is 7. The maximum Gasteiger partial charge on any atom is 0.132 e. The van der Waals surface area contributed by atoms with E-state index in [-0.39, 0.29) is 0 Å². The van der Waals surface area contributed by atoms with E-state index in [1.165, 1.54) is 0 Å². The molecule has 0 spiro atoms. The summed E-state index contributed by atoms with van der Waals surface area (Å²) in [6.45, 7) is 3.07. The lowest BCUT2D eigenvalue weighted by Crippen LogP contribution is -2.09. The fraction of sp³-hybridized carbons (Fsp3) is 0.889. The monoisotopic (exact) mass is 157 g/mol. The van der Waals surface area contributed by atoms with Crippen LogP contribution in [0.25, 0.3) is 0 Å². The number of carbonyl (C=O) groups is 1. The van der Waals surface area contributed by atoms with Crippen LogP contribution in [0, 0.1) is 0 Å². The Bertz CT molecular complexity index is 102. The van der Waals surface area contributed by atoms with Crippen LogP contribution in [0.1, 0.15) is 39.0 Å². The zero-order valence-corrected chi connectivity index (χ0v) is 7.65. The maximum atomic E-state index is 11.0. The fourth-order valence-corrected chi connectivity index (χ4v) is 0.961. The predicted molar refractivity (Wildman–Crippen MR) is 47.7 cm³/mol. The number of hydrogen-bond acceptors (Lipinski definition) is 2. The molecule has 0 fully saturated rings. The molecule has 0 aliphatic carbocycles. The Morgan fingerprint density at radius 2 is 1.91 bits per heavy atom. The SMILES string of the molecule is CCCCC(=O)CCCNC. The molecule has 0 aromatic rings. The van der Waals surface area contributed by atoms with Crippen LogP contribution < -0.4 is 5.32 Å². The number of Topliss-reactive ketones (excluding diaryl/α,β-unsaturated/α-hetero) is 1. The summed E-state index contributed by atoms with van der Waals surface area (Å²) in [4.78, 5) is 11.0. The summed E-state index contributed by atoms with van der Waals surface area (Å²) in [5, 5.41) is 3.03. The van der Waals surface area contributed by atoms with Crippen LogP contribution in [-0.2, 0) is 4.79 Å². The number of unbranched alkanes of at least 4 members (excludes halogenated alkanes) is 1. The van der Waals surface area contributed by atoms with Gasteiger partial charge in [-0.3, -0.25) is 4.79 Å². The highest BCUT2D eigenvalue weighted by atomic mass is 16.1. The van der Waals surface area contributed by atoms with Crippen LogP contribution in [0.15, 0.2) is 0 Å². The summed E-state index contributed by atoms with van der Waals surface area (Å²) in [6, 6.07) is 0. The summed E-state index contributed by atoms with van der Waals surface area (Å²) in [7, 11) is 1.91. The molecule has 0 bridgehead atoms. The van der Waals surface area contributed by atoms with Gasteiger partial charge in [0.2, 0.25) is 0 Å². The summed E-state index contributed by atoms with van der Waals surface area (Å²) in [5.41, 5.74) is 0. The molecule has 0 aromatic heterocycles. The van der Waals surface area contributed by atoms with E-state index < -0.39 is 0 Å². The molecule has 0 atom stereocenters. The van der Waals surface area contributed by atoms with Crippen molar-refractivity contribution in [1.29, 1.82) is 0 Å². The van der Waals surface area contributed by atoms with Crippen LogP contribution in [0.2, 0.25) is 0 Å². The van der Waals surface area contributed by atoms with E-state index in [0.717, 1.165) is 38.6 Å². The molecule has 0 aliphatic rings. The second-order valence-electron chi connectivity index (χ2n) is 2.85. The Balaban J connectivity index is 3.09. The van der Waals surface area contributed by atoms with E-state index in [1.807, 2.05) is 7.05 Å². The molecule has 2 nitrogen and oxygen atoms in total. The number of ketones is 1. The molecule has 0 aromatic carbocycles. The van der Waals surface area contributed by atoms with Gasteiger partial charge < -0.3 is 5.32 Å². The third kappa shape index (κ3) is 7.53. The molecule has 0 saturated heterocycles. The van der Waals surface area contributed by atoms with Gasteiger partial charge >= 0.3 is 0 Å². The van der Waals surface area contributed by atoms with Gasteiger partial charge in [0.25, 0.3) is 0 Å². The van der Waals surface area contributed by atoms with Gasteiger partial charge in [-0.15, -0.1) is 0 Å². The highest BCUT2D eigenvalue weighted by Crippen LogP contribution is 1.99. The van der Waals surface area contributed by atoms with Crippen LogP contribution in [0.5, 0.6) is 0 Å². The molecule has 0 rings (SSSR count). The normalized spacial score (nSPS) is 10.0. The van der Waals surface area contributed by atoms with Crippen LogP contribution in [0.3, 0.4) is 0 Å². The average Bonchev–Trinajstić information content (AvgIpc) is 2.01. The minimum Gasteiger partial charge on any atom is -0.320 e. The standard InChI is InChI=1S/C9H19NO/c1-3-4-6-9(11)7-5-8-10-2/h10H,3-8H2,1-2H3. The van der Waals surface area contributed by atoms with Crippen molar-refractivity contribution in [3.8, 4) is 0 Å². The van der Waals surface area contributed by atoms with Crippen molar-refractivity contribution in [3.05, 3.63) is 0 Å². The molecular weight excluding hydrogens is 138 g/mol. The van der Waals surface area contributed by atoms with E-state index in [9.17, 15) is 4.79 Å². The third-order valence-corrected chi connectivity index (χ3v) is 1.69. The van der Waals surface area contributed by atoms with Gasteiger partial charge in [0, 0.05) is 12.8 Å². The zero-order chi connectivity index (χ0) is 8.53. The highest BCUT2D eigenvalue weighted by molar-refractivity contribution is 5.78. The van der Waals surface area contributed by atoms with Gasteiger partial charge in [-0.2, -0.15) is 0 Å². The average molecular weight is 157 g/mol. The second kappa shape index (κ2) is 7.73. The lowest BCUT2D eigenvalue weighted by Gasteiger charge is -1.98. The molecule has 11 heavy (non-hydrogen) atoms. The highest BCUT2D eigenvalue weighted by Gasteiger charge is 1.98. The quantitative estimate of drug-likeness (QED) is 0.570. The van der Waals surface area contributed by atoms with Crippen LogP contribution in [0.4, 0.5) is 0 Å². The van der Waals surface area contributed by atoms with Gasteiger partial charge in [-0.05, 0) is 26.4 Å². The molecule has 0 saturated carbocycles. The lowest BCUT2D eigenvalue weighted by molar-refractivity contribution is -0.119. The Hall–Kier alpha value is -0.370. The van der Waals surface area contributed by atoms with Crippen molar-refractivity contribution in [3.63, 3.8) is 0 Å². The Labute approximate surface area is 69.4 Å². The third-order valence-electron chi connectivity index (χ3n) is 1.69. The first-order valence-corrected chi connectivity index (χ1v) is 4.47. The fourth-order valence-electron chi connectivity index (χ4n) is 0.961. The summed E-state index contributed by atoms with van der Waals surface area (Å²) >= 11 is 0. The molecule has 2 heteroatoms. The Morgan fingerprint density at radius 1 is 1.27 bits per heavy atom. The molecule has 0 unspecified atom stereocenters. The first-order chi connectivity index (χ1) is 5.31. The summed E-state index contributed by atoms with van der Waals surface area (Å²) < 4.78 is 0. The van der Waals surface area contributed by atoms with Crippen molar-refractivity contribution < 1.29 is 4.79 Å². The molecule has 66 valence electrons. The zero-order valence-electron chi connectivity index (χ0n) is 7.65. The van der Waals surface area contributed by atoms with Gasteiger partial charge in [0.1, 0.15) is 5.78 Å². The summed E-state index contributed by atoms with van der Waals surface area (Å²) in [5.74, 6) is 0.419. The first kappa shape index (κ1) is 10.6. The molecule has 0 heterocycles. The molecule has 1 N–H and O–H groups in total. The first-order valence-electron chi connectivity index (χ1n) is 4.47. The number of hydrogen-bond donors (Lipinski definition) is 1. The number of nitrogens with one attached hydrogen (secondary N) is 1. The van der Waals surface area contributed by atoms with Gasteiger partial charge in [-0.25, -0.2) is 0 Å². The minimum absolute atomic E-state index is 0.419. The van der Waals surface area contributed by atoms with Gasteiger partial charge in [-0.1, -0.05) is 13.3 Å². The molecule has 0 amide bonds. The Kier molecular flexibility index (Phi) is 7.47. The van der Waals surface area contributed by atoms with Crippen LogP contribution >= 0.6 is 0 Å². The van der Waals surface area contributed by atoms with E-state index in [1.54, 1.807) is 0 Å². The molecule has 0 aliphatic heterocycles. The molecule has 0 radical (unpaired) electrons. The largest absolute Gasteiger partial charge is 0.320 e. The van der Waals surface area contributed by atoms with Crippen LogP contribution in [-0.4, -0.2) is 19.4 Å². The minimum atomic E-state index is 0.419. The smallest absolute Gasteiger partial charge is 0.132 e. The second-order valence-corrected chi connectivity index (χ2v) is 2.85. The predicted octanol–water partition coefficient (Wildman–Crippen LogP) is 1.75.